The molecule has 2 aromatic rings. The van der Waals surface area contributed by atoms with Crippen molar-refractivity contribution in [3.05, 3.63) is 41.4 Å². The van der Waals surface area contributed by atoms with Gasteiger partial charge in [0, 0.05) is 17.3 Å². The number of thiazole rings is 1. The molecule has 0 atom stereocenters. The Morgan fingerprint density at radius 3 is 3.06 bits per heavy atom. The molecule has 0 fully saturated rings. The minimum atomic E-state index is 0.588. The van der Waals surface area contributed by atoms with Gasteiger partial charge in [0.15, 0.2) is 0 Å². The molecule has 0 saturated heterocycles. The van der Waals surface area contributed by atoms with E-state index in [1.54, 1.807) is 29.2 Å². The van der Waals surface area contributed by atoms with Crippen LogP contribution in [-0.4, -0.2) is 17.3 Å². The summed E-state index contributed by atoms with van der Waals surface area (Å²) in [4.78, 5) is 4.20. The van der Waals surface area contributed by atoms with Crippen LogP contribution in [0.1, 0.15) is 12.0 Å². The first-order chi connectivity index (χ1) is 8.90. The SMILES string of the molecule is N#Cc1ccccc1OCCCSc1nccs1. The Bertz CT molecular complexity index is 520. The Morgan fingerprint density at radius 1 is 1.39 bits per heavy atom. The van der Waals surface area contributed by atoms with Gasteiger partial charge in [0.25, 0.3) is 0 Å². The zero-order chi connectivity index (χ0) is 12.6. The fourth-order valence-electron chi connectivity index (χ4n) is 1.37. The third-order valence-electron chi connectivity index (χ3n) is 2.19. The third kappa shape index (κ3) is 3.76. The van der Waals surface area contributed by atoms with Crippen LogP contribution in [0.4, 0.5) is 0 Å². The van der Waals surface area contributed by atoms with E-state index in [1.165, 1.54) is 0 Å². The second kappa shape index (κ2) is 7.04. The summed E-state index contributed by atoms with van der Waals surface area (Å²) in [6.07, 6.45) is 2.75. The molecule has 0 saturated carbocycles. The first-order valence-corrected chi connectivity index (χ1v) is 7.41. The highest BCUT2D eigenvalue weighted by atomic mass is 32.2. The molecule has 0 bridgehead atoms. The lowest BCUT2D eigenvalue weighted by Gasteiger charge is -2.06. The standard InChI is InChI=1S/C13H12N2OS2/c14-10-11-4-1-2-5-12(11)16-7-3-8-17-13-15-6-9-18-13/h1-2,4-6,9H,3,7-8H2. The Morgan fingerprint density at radius 2 is 2.28 bits per heavy atom. The van der Waals surface area contributed by atoms with E-state index in [4.69, 9.17) is 10.00 Å². The van der Waals surface area contributed by atoms with Gasteiger partial charge in [-0.3, -0.25) is 0 Å². The van der Waals surface area contributed by atoms with Gasteiger partial charge in [0.05, 0.1) is 12.2 Å². The summed E-state index contributed by atoms with van der Waals surface area (Å²) >= 11 is 3.39. The molecule has 2 rings (SSSR count). The van der Waals surface area contributed by atoms with Crippen LogP contribution in [0.3, 0.4) is 0 Å². The predicted octanol–water partition coefficient (Wildman–Crippen LogP) is 3.58. The number of rotatable bonds is 6. The summed E-state index contributed by atoms with van der Waals surface area (Å²) in [7, 11) is 0. The monoisotopic (exact) mass is 276 g/mol. The van der Waals surface area contributed by atoms with E-state index in [2.05, 4.69) is 11.1 Å². The molecule has 0 aliphatic heterocycles. The van der Waals surface area contributed by atoms with Gasteiger partial charge < -0.3 is 4.74 Å². The maximum atomic E-state index is 8.91. The molecule has 5 heteroatoms. The summed E-state index contributed by atoms with van der Waals surface area (Å²) in [6.45, 7) is 0.622. The average molecular weight is 276 g/mol. The molecule has 0 aliphatic carbocycles. The molecule has 0 unspecified atom stereocenters. The highest BCUT2D eigenvalue weighted by molar-refractivity contribution is 8.00. The Hall–Kier alpha value is -1.51. The van der Waals surface area contributed by atoms with Gasteiger partial charge >= 0.3 is 0 Å². The first kappa shape index (κ1) is 12.9. The van der Waals surface area contributed by atoms with Gasteiger partial charge in [-0.1, -0.05) is 23.9 Å². The quantitative estimate of drug-likeness (QED) is 0.597. The lowest BCUT2D eigenvalue weighted by Crippen LogP contribution is -2.00. The van der Waals surface area contributed by atoms with E-state index in [-0.39, 0.29) is 0 Å². The highest BCUT2D eigenvalue weighted by Crippen LogP contribution is 2.21. The third-order valence-corrected chi connectivity index (χ3v) is 4.24. The number of ether oxygens (including phenoxy) is 1. The minimum Gasteiger partial charge on any atom is -0.492 e. The van der Waals surface area contributed by atoms with Crippen LogP contribution in [0.5, 0.6) is 5.75 Å². The van der Waals surface area contributed by atoms with Crippen LogP contribution < -0.4 is 4.74 Å². The van der Waals surface area contributed by atoms with Crippen molar-refractivity contribution in [3.63, 3.8) is 0 Å². The van der Waals surface area contributed by atoms with Crippen molar-refractivity contribution in [2.24, 2.45) is 0 Å². The van der Waals surface area contributed by atoms with Crippen molar-refractivity contribution in [1.29, 1.82) is 5.26 Å². The van der Waals surface area contributed by atoms with Gasteiger partial charge in [0.1, 0.15) is 16.2 Å². The zero-order valence-corrected chi connectivity index (χ0v) is 11.3. The lowest BCUT2D eigenvalue weighted by molar-refractivity contribution is 0.318. The molecular weight excluding hydrogens is 264 g/mol. The van der Waals surface area contributed by atoms with Crippen molar-refractivity contribution in [2.75, 3.05) is 12.4 Å². The fraction of sp³-hybridized carbons (Fsp3) is 0.231. The van der Waals surface area contributed by atoms with Gasteiger partial charge in [-0.15, -0.1) is 11.3 Å². The molecule has 92 valence electrons. The number of nitrogens with zero attached hydrogens (tertiary/aromatic N) is 2. The summed E-state index contributed by atoms with van der Waals surface area (Å²) in [5, 5.41) is 10.9. The summed E-state index contributed by atoms with van der Waals surface area (Å²) in [5.74, 6) is 1.64. The van der Waals surface area contributed by atoms with E-state index in [9.17, 15) is 0 Å². The van der Waals surface area contributed by atoms with Crippen LogP contribution >= 0.6 is 23.1 Å². The van der Waals surface area contributed by atoms with Crippen LogP contribution in [0.2, 0.25) is 0 Å². The molecule has 0 radical (unpaired) electrons. The molecule has 0 aliphatic rings. The number of para-hydroxylation sites is 1. The molecule has 3 nitrogen and oxygen atoms in total. The van der Waals surface area contributed by atoms with Gasteiger partial charge in [-0.05, 0) is 18.6 Å². The zero-order valence-electron chi connectivity index (χ0n) is 9.70. The maximum absolute atomic E-state index is 8.91. The van der Waals surface area contributed by atoms with E-state index >= 15 is 0 Å². The molecule has 0 amide bonds. The summed E-state index contributed by atoms with van der Waals surface area (Å²) in [5.41, 5.74) is 0.588. The average Bonchev–Trinajstić information content (AvgIpc) is 2.92. The molecule has 0 spiro atoms. The Labute approximate surface area is 114 Å². The normalized spacial score (nSPS) is 9.94. The molecule has 0 N–H and O–H groups in total. The van der Waals surface area contributed by atoms with Gasteiger partial charge in [-0.2, -0.15) is 5.26 Å². The number of benzene rings is 1. The van der Waals surface area contributed by atoms with Crippen molar-refractivity contribution in [2.45, 2.75) is 10.8 Å². The maximum Gasteiger partial charge on any atom is 0.149 e. The van der Waals surface area contributed by atoms with E-state index in [1.807, 2.05) is 29.8 Å². The predicted molar refractivity (Wildman–Crippen MR) is 74.1 cm³/mol. The topological polar surface area (TPSA) is 45.9 Å². The molecular formula is C13H12N2OS2. The van der Waals surface area contributed by atoms with Crippen molar-refractivity contribution >= 4 is 23.1 Å². The first-order valence-electron chi connectivity index (χ1n) is 5.54. The Balaban J connectivity index is 1.71. The van der Waals surface area contributed by atoms with Crippen molar-refractivity contribution < 1.29 is 4.74 Å². The number of hydrogen-bond donors (Lipinski definition) is 0. The van der Waals surface area contributed by atoms with Gasteiger partial charge in [-0.25, -0.2) is 4.98 Å². The van der Waals surface area contributed by atoms with Crippen LogP contribution in [0.15, 0.2) is 40.2 Å². The minimum absolute atomic E-state index is 0.588. The molecule has 1 aromatic heterocycles. The lowest BCUT2D eigenvalue weighted by atomic mass is 10.2. The second-order valence-electron chi connectivity index (χ2n) is 3.46. The number of nitriles is 1. The molecule has 18 heavy (non-hydrogen) atoms. The number of thioether (sulfide) groups is 1. The molecule has 1 heterocycles. The number of aromatic nitrogens is 1. The second-order valence-corrected chi connectivity index (χ2v) is 5.69. The van der Waals surface area contributed by atoms with Crippen molar-refractivity contribution in [1.82, 2.24) is 4.98 Å². The van der Waals surface area contributed by atoms with E-state index < -0.39 is 0 Å². The summed E-state index contributed by atoms with van der Waals surface area (Å²) < 4.78 is 6.68. The summed E-state index contributed by atoms with van der Waals surface area (Å²) in [6, 6.07) is 9.42. The highest BCUT2D eigenvalue weighted by Gasteiger charge is 2.01. The largest absolute Gasteiger partial charge is 0.492 e. The van der Waals surface area contributed by atoms with Crippen LogP contribution in [0, 0.1) is 11.3 Å². The van der Waals surface area contributed by atoms with Gasteiger partial charge in [0.2, 0.25) is 0 Å². The number of hydrogen-bond acceptors (Lipinski definition) is 5. The molecule has 1 aromatic carbocycles. The van der Waals surface area contributed by atoms with E-state index in [0.717, 1.165) is 16.5 Å². The van der Waals surface area contributed by atoms with E-state index in [0.29, 0.717) is 17.9 Å². The Kier molecular flexibility index (Phi) is 5.06. The van der Waals surface area contributed by atoms with Crippen LogP contribution in [-0.2, 0) is 0 Å². The van der Waals surface area contributed by atoms with Crippen LogP contribution in [0.25, 0.3) is 0 Å². The smallest absolute Gasteiger partial charge is 0.149 e. The van der Waals surface area contributed by atoms with Crippen molar-refractivity contribution in [3.8, 4) is 11.8 Å². The fourth-order valence-corrected chi connectivity index (χ4v) is 2.99.